The van der Waals surface area contributed by atoms with Crippen LogP contribution in [0.3, 0.4) is 0 Å². The zero-order chi connectivity index (χ0) is 25.7. The third kappa shape index (κ3) is 5.90. The normalized spacial score (nSPS) is 21.5. The minimum absolute atomic E-state index is 0.0627. The van der Waals surface area contributed by atoms with E-state index in [0.29, 0.717) is 19.4 Å². The average molecular weight is 495 g/mol. The molecular weight excluding hydrogens is 463 g/mol. The SMILES string of the molecule is CCC(=O)N[C@H]1CN(C(=O)Cc2ccccc2)CC2CC[C@@H](C(=O)NCc3ccc(F)cc3)N2C1=O. The van der Waals surface area contributed by atoms with Gasteiger partial charge < -0.3 is 20.4 Å². The van der Waals surface area contributed by atoms with Gasteiger partial charge in [0.2, 0.25) is 23.6 Å². The van der Waals surface area contributed by atoms with E-state index in [0.717, 1.165) is 11.1 Å². The molecule has 2 aromatic carbocycles. The van der Waals surface area contributed by atoms with Crippen LogP contribution in [0.2, 0.25) is 0 Å². The van der Waals surface area contributed by atoms with Crippen LogP contribution in [0, 0.1) is 5.82 Å². The van der Waals surface area contributed by atoms with E-state index in [1.165, 1.54) is 12.1 Å². The lowest BCUT2D eigenvalue weighted by Crippen LogP contribution is -2.55. The summed E-state index contributed by atoms with van der Waals surface area (Å²) in [5.41, 5.74) is 1.61. The van der Waals surface area contributed by atoms with Gasteiger partial charge in [-0.05, 0) is 36.1 Å². The van der Waals surface area contributed by atoms with E-state index >= 15 is 0 Å². The van der Waals surface area contributed by atoms with E-state index in [4.69, 9.17) is 0 Å². The molecular formula is C27H31FN4O4. The highest BCUT2D eigenvalue weighted by atomic mass is 19.1. The number of benzene rings is 2. The van der Waals surface area contributed by atoms with Crippen LogP contribution in [0.1, 0.15) is 37.3 Å². The molecule has 0 radical (unpaired) electrons. The van der Waals surface area contributed by atoms with Gasteiger partial charge in [-0.1, -0.05) is 49.4 Å². The molecule has 2 heterocycles. The number of fused-ring (bicyclic) bond motifs is 1. The maximum absolute atomic E-state index is 13.6. The number of hydrogen-bond acceptors (Lipinski definition) is 4. The van der Waals surface area contributed by atoms with E-state index in [9.17, 15) is 23.6 Å². The Hall–Kier alpha value is -3.75. The first-order valence-corrected chi connectivity index (χ1v) is 12.3. The van der Waals surface area contributed by atoms with Gasteiger partial charge in [0.1, 0.15) is 17.9 Å². The summed E-state index contributed by atoms with van der Waals surface area (Å²) in [5, 5.41) is 5.60. The molecule has 2 fully saturated rings. The molecule has 2 aliphatic heterocycles. The summed E-state index contributed by atoms with van der Waals surface area (Å²) in [6.45, 7) is 2.27. The Bertz CT molecular complexity index is 1110. The molecule has 2 aromatic rings. The van der Waals surface area contributed by atoms with E-state index in [1.54, 1.807) is 28.9 Å². The molecule has 190 valence electrons. The molecule has 36 heavy (non-hydrogen) atoms. The first kappa shape index (κ1) is 25.3. The molecule has 3 atom stereocenters. The molecule has 2 saturated heterocycles. The van der Waals surface area contributed by atoms with Crippen molar-refractivity contribution in [2.24, 2.45) is 0 Å². The van der Waals surface area contributed by atoms with Crippen LogP contribution in [0.15, 0.2) is 54.6 Å². The highest BCUT2D eigenvalue weighted by Gasteiger charge is 2.47. The fourth-order valence-corrected chi connectivity index (χ4v) is 4.86. The van der Waals surface area contributed by atoms with Crippen LogP contribution in [0.4, 0.5) is 4.39 Å². The molecule has 0 bridgehead atoms. The zero-order valence-electron chi connectivity index (χ0n) is 20.3. The zero-order valence-corrected chi connectivity index (χ0v) is 20.3. The summed E-state index contributed by atoms with van der Waals surface area (Å²) in [6, 6.07) is 13.3. The Morgan fingerprint density at radius 1 is 0.972 bits per heavy atom. The maximum atomic E-state index is 13.6. The molecule has 0 saturated carbocycles. The van der Waals surface area contributed by atoms with Crippen molar-refractivity contribution in [1.82, 2.24) is 20.4 Å². The number of nitrogens with zero attached hydrogens (tertiary/aromatic N) is 2. The molecule has 0 aromatic heterocycles. The Labute approximate surface area is 209 Å². The standard InChI is InChI=1S/C27H31FN4O4/c1-2-24(33)30-22-17-31(25(34)14-18-6-4-3-5-7-18)16-21-12-13-23(32(21)27(22)36)26(35)29-15-19-8-10-20(28)11-9-19/h3-11,21-23H,2,12-17H2,1H3,(H,29,35)(H,30,33)/t21?,22-,23-/m0/s1. The van der Waals surface area contributed by atoms with Gasteiger partial charge in [0.25, 0.3) is 0 Å². The van der Waals surface area contributed by atoms with Crippen LogP contribution in [-0.2, 0) is 32.1 Å². The van der Waals surface area contributed by atoms with Crippen LogP contribution in [0.25, 0.3) is 0 Å². The molecule has 4 amide bonds. The Morgan fingerprint density at radius 2 is 1.69 bits per heavy atom. The van der Waals surface area contributed by atoms with Crippen molar-refractivity contribution in [3.05, 3.63) is 71.5 Å². The molecule has 2 aliphatic rings. The smallest absolute Gasteiger partial charge is 0.247 e. The summed E-state index contributed by atoms with van der Waals surface area (Å²) < 4.78 is 13.2. The van der Waals surface area contributed by atoms with Crippen molar-refractivity contribution in [2.75, 3.05) is 13.1 Å². The Kier molecular flexibility index (Phi) is 7.97. The number of halogens is 1. The van der Waals surface area contributed by atoms with Gasteiger partial charge in [-0.25, -0.2) is 4.39 Å². The lowest BCUT2D eigenvalue weighted by atomic mass is 10.1. The number of carbonyl (C=O) groups is 4. The van der Waals surface area contributed by atoms with Crippen LogP contribution in [0.5, 0.6) is 0 Å². The maximum Gasteiger partial charge on any atom is 0.247 e. The summed E-state index contributed by atoms with van der Waals surface area (Å²) in [6.07, 6.45) is 1.43. The number of carbonyl (C=O) groups excluding carboxylic acids is 4. The second kappa shape index (κ2) is 11.3. The van der Waals surface area contributed by atoms with Gasteiger partial charge in [0.05, 0.1) is 12.5 Å². The lowest BCUT2D eigenvalue weighted by molar-refractivity contribution is -0.142. The van der Waals surface area contributed by atoms with Gasteiger partial charge in [0, 0.05) is 26.1 Å². The average Bonchev–Trinajstić information content (AvgIpc) is 3.25. The summed E-state index contributed by atoms with van der Waals surface area (Å²) >= 11 is 0. The second-order valence-corrected chi connectivity index (χ2v) is 9.27. The molecule has 0 spiro atoms. The van der Waals surface area contributed by atoms with Crippen molar-refractivity contribution in [2.45, 2.75) is 57.3 Å². The third-order valence-electron chi connectivity index (χ3n) is 6.78. The van der Waals surface area contributed by atoms with E-state index in [-0.39, 0.29) is 61.4 Å². The van der Waals surface area contributed by atoms with E-state index < -0.39 is 12.1 Å². The first-order valence-electron chi connectivity index (χ1n) is 12.3. The molecule has 2 N–H and O–H groups in total. The first-order chi connectivity index (χ1) is 17.4. The molecule has 0 aliphatic carbocycles. The van der Waals surface area contributed by atoms with Gasteiger partial charge in [-0.2, -0.15) is 0 Å². The molecule has 8 nitrogen and oxygen atoms in total. The summed E-state index contributed by atoms with van der Waals surface area (Å²) in [4.78, 5) is 55.3. The topological polar surface area (TPSA) is 98.8 Å². The van der Waals surface area contributed by atoms with Gasteiger partial charge >= 0.3 is 0 Å². The van der Waals surface area contributed by atoms with Crippen molar-refractivity contribution in [1.29, 1.82) is 0 Å². The predicted molar refractivity (Wildman–Crippen MR) is 131 cm³/mol. The quantitative estimate of drug-likeness (QED) is 0.613. The molecule has 1 unspecified atom stereocenters. The van der Waals surface area contributed by atoms with Crippen molar-refractivity contribution >= 4 is 23.6 Å². The fraction of sp³-hybridized carbons (Fsp3) is 0.407. The van der Waals surface area contributed by atoms with Gasteiger partial charge in [-0.3, -0.25) is 19.2 Å². The van der Waals surface area contributed by atoms with E-state index in [2.05, 4.69) is 10.6 Å². The molecule has 4 rings (SSSR count). The third-order valence-corrected chi connectivity index (χ3v) is 6.78. The summed E-state index contributed by atoms with van der Waals surface area (Å²) in [5.74, 6) is -1.43. The Morgan fingerprint density at radius 3 is 2.39 bits per heavy atom. The Balaban J connectivity index is 1.50. The van der Waals surface area contributed by atoms with Crippen molar-refractivity contribution in [3.8, 4) is 0 Å². The largest absolute Gasteiger partial charge is 0.350 e. The van der Waals surface area contributed by atoms with Crippen LogP contribution < -0.4 is 10.6 Å². The number of hydrogen-bond donors (Lipinski definition) is 2. The van der Waals surface area contributed by atoms with Gasteiger partial charge in [0.15, 0.2) is 0 Å². The molecule has 9 heteroatoms. The van der Waals surface area contributed by atoms with E-state index in [1.807, 2.05) is 30.3 Å². The van der Waals surface area contributed by atoms with Crippen molar-refractivity contribution < 1.29 is 23.6 Å². The fourth-order valence-electron chi connectivity index (χ4n) is 4.86. The number of rotatable bonds is 7. The lowest BCUT2D eigenvalue weighted by Gasteiger charge is -2.30. The second-order valence-electron chi connectivity index (χ2n) is 9.27. The predicted octanol–water partition coefficient (Wildman–Crippen LogP) is 1.78. The van der Waals surface area contributed by atoms with Crippen LogP contribution >= 0.6 is 0 Å². The van der Waals surface area contributed by atoms with Gasteiger partial charge in [-0.15, -0.1) is 0 Å². The van der Waals surface area contributed by atoms with Crippen molar-refractivity contribution in [3.63, 3.8) is 0 Å². The summed E-state index contributed by atoms with van der Waals surface area (Å²) in [7, 11) is 0. The number of amides is 4. The minimum Gasteiger partial charge on any atom is -0.350 e. The van der Waals surface area contributed by atoms with Crippen LogP contribution in [-0.4, -0.2) is 64.6 Å². The minimum atomic E-state index is -0.923. The highest BCUT2D eigenvalue weighted by molar-refractivity contribution is 5.94. The number of nitrogens with one attached hydrogen (secondary N) is 2. The highest BCUT2D eigenvalue weighted by Crippen LogP contribution is 2.29. The monoisotopic (exact) mass is 494 g/mol.